The van der Waals surface area contributed by atoms with Crippen LogP contribution in [-0.2, 0) is 0 Å². The predicted octanol–water partition coefficient (Wildman–Crippen LogP) is 7.79. The number of alkyl halides is 2. The number of fused-ring (bicyclic) bond motifs is 1. The highest BCUT2D eigenvalue weighted by Gasteiger charge is 2.26. The SMILES string of the molecule is CC[C@@H](Nc1c(C#N)cnc2c(N[C@H](c3cn(C(F)F)nn3)c3cccc(F)c3F)cc(Cl)cc12)c1ccccc1. The Hall–Kier alpha value is -4.69. The van der Waals surface area contributed by atoms with Crippen molar-refractivity contribution in [2.45, 2.75) is 32.0 Å². The minimum atomic E-state index is -2.99. The molecule has 2 atom stereocenters. The number of halogens is 5. The van der Waals surface area contributed by atoms with Crippen molar-refractivity contribution in [1.29, 1.82) is 5.26 Å². The minimum Gasteiger partial charge on any atom is -0.377 e. The topological polar surface area (TPSA) is 91.5 Å². The van der Waals surface area contributed by atoms with Gasteiger partial charge in [0.05, 0.1) is 34.7 Å². The Morgan fingerprint density at radius 3 is 2.51 bits per heavy atom. The number of nitrogens with zero attached hydrogens (tertiary/aromatic N) is 5. The molecule has 2 N–H and O–H groups in total. The maximum Gasteiger partial charge on any atom is 0.334 e. The van der Waals surface area contributed by atoms with Gasteiger partial charge in [-0.25, -0.2) is 8.78 Å². The number of rotatable bonds is 9. The Morgan fingerprint density at radius 1 is 1.05 bits per heavy atom. The first-order chi connectivity index (χ1) is 19.8. The summed E-state index contributed by atoms with van der Waals surface area (Å²) in [6, 6.07) is 17.2. The van der Waals surface area contributed by atoms with Crippen LogP contribution >= 0.6 is 11.6 Å². The number of pyridine rings is 1. The molecule has 12 heteroatoms. The summed E-state index contributed by atoms with van der Waals surface area (Å²) in [6.45, 7) is -0.984. The third kappa shape index (κ3) is 5.64. The lowest BCUT2D eigenvalue weighted by molar-refractivity contribution is 0.0545. The summed E-state index contributed by atoms with van der Waals surface area (Å²) in [7, 11) is 0. The van der Waals surface area contributed by atoms with Gasteiger partial charge >= 0.3 is 6.55 Å². The van der Waals surface area contributed by atoms with Crippen LogP contribution in [0.2, 0.25) is 5.02 Å². The predicted molar refractivity (Wildman–Crippen MR) is 148 cm³/mol. The first kappa shape index (κ1) is 27.9. The molecule has 41 heavy (non-hydrogen) atoms. The van der Waals surface area contributed by atoms with Crippen molar-refractivity contribution in [3.8, 4) is 6.07 Å². The van der Waals surface area contributed by atoms with Gasteiger partial charge in [-0.3, -0.25) is 4.98 Å². The molecule has 0 saturated carbocycles. The van der Waals surface area contributed by atoms with Crippen LogP contribution in [0.15, 0.2) is 73.1 Å². The average Bonchev–Trinajstić information content (AvgIpc) is 3.47. The van der Waals surface area contributed by atoms with Crippen LogP contribution < -0.4 is 10.6 Å². The summed E-state index contributed by atoms with van der Waals surface area (Å²) in [5, 5.41) is 24.3. The molecule has 0 unspecified atom stereocenters. The Bertz CT molecular complexity index is 1740. The highest BCUT2D eigenvalue weighted by Crippen LogP contribution is 2.38. The molecule has 3 aromatic carbocycles. The highest BCUT2D eigenvalue weighted by atomic mass is 35.5. The van der Waals surface area contributed by atoms with Crippen molar-refractivity contribution < 1.29 is 17.6 Å². The lowest BCUT2D eigenvalue weighted by Gasteiger charge is -2.23. The molecule has 0 aliphatic rings. The van der Waals surface area contributed by atoms with Gasteiger partial charge in [0, 0.05) is 22.2 Å². The van der Waals surface area contributed by atoms with Crippen molar-refractivity contribution >= 4 is 33.9 Å². The third-order valence-electron chi connectivity index (χ3n) is 6.60. The van der Waals surface area contributed by atoms with E-state index in [0.717, 1.165) is 17.8 Å². The zero-order chi connectivity index (χ0) is 29.1. The molecule has 2 aromatic heterocycles. The maximum absolute atomic E-state index is 15.0. The van der Waals surface area contributed by atoms with E-state index in [2.05, 4.69) is 32.0 Å². The molecule has 0 saturated heterocycles. The molecule has 5 aromatic rings. The molecule has 2 heterocycles. The lowest BCUT2D eigenvalue weighted by atomic mass is 10.0. The largest absolute Gasteiger partial charge is 0.377 e. The van der Waals surface area contributed by atoms with Crippen LogP contribution in [0.25, 0.3) is 10.9 Å². The van der Waals surface area contributed by atoms with Gasteiger partial charge in [-0.2, -0.15) is 18.7 Å². The number of nitrogens with one attached hydrogen (secondary N) is 2. The van der Waals surface area contributed by atoms with Gasteiger partial charge in [-0.15, -0.1) is 5.10 Å². The minimum absolute atomic E-state index is 0.0926. The summed E-state index contributed by atoms with van der Waals surface area (Å²) in [5.41, 5.74) is 2.10. The fraction of sp³-hybridized carbons (Fsp3) is 0.172. The van der Waals surface area contributed by atoms with Crippen LogP contribution in [0.5, 0.6) is 0 Å². The van der Waals surface area contributed by atoms with Crippen LogP contribution in [0.4, 0.5) is 28.9 Å². The smallest absolute Gasteiger partial charge is 0.334 e. The normalized spacial score (nSPS) is 12.7. The summed E-state index contributed by atoms with van der Waals surface area (Å²) < 4.78 is 56.1. The molecular formula is C29H22ClF4N7. The second-order valence-electron chi connectivity index (χ2n) is 9.15. The molecule has 0 fully saturated rings. The maximum atomic E-state index is 15.0. The van der Waals surface area contributed by atoms with Crippen molar-refractivity contribution in [3.63, 3.8) is 0 Å². The van der Waals surface area contributed by atoms with Gasteiger partial charge in [0.25, 0.3) is 0 Å². The van der Waals surface area contributed by atoms with E-state index in [1.54, 1.807) is 6.07 Å². The summed E-state index contributed by atoms with van der Waals surface area (Å²) in [5.74, 6) is -2.31. The van der Waals surface area contributed by atoms with Gasteiger partial charge in [-0.05, 0) is 30.2 Å². The standard InChI is InChI=1S/C29H22ClF4N7/c1-2-22(16-7-4-3-5-8-16)37-26-17(13-35)14-36-27-20(26)11-18(30)12-23(27)38-28(19-9-6-10-21(31)25(19)32)24-15-41(29(33)34)40-39-24/h3-12,14-15,22,28-29,38H,2H2,1H3,(H,36,37)/t22-,28+/m1/s1. The Labute approximate surface area is 237 Å². The quantitative estimate of drug-likeness (QED) is 0.173. The van der Waals surface area contributed by atoms with E-state index >= 15 is 0 Å². The Kier molecular flexibility index (Phi) is 8.03. The number of hydrogen-bond acceptors (Lipinski definition) is 6. The van der Waals surface area contributed by atoms with Crippen LogP contribution in [-0.4, -0.2) is 20.0 Å². The van der Waals surface area contributed by atoms with E-state index in [1.165, 1.54) is 24.4 Å². The number of benzene rings is 3. The first-order valence-electron chi connectivity index (χ1n) is 12.5. The van der Waals surface area contributed by atoms with Crippen molar-refractivity contribution in [3.05, 3.63) is 112 Å². The fourth-order valence-electron chi connectivity index (χ4n) is 4.63. The van der Waals surface area contributed by atoms with Crippen LogP contribution in [0.3, 0.4) is 0 Å². The van der Waals surface area contributed by atoms with E-state index in [1.807, 2.05) is 37.3 Å². The summed E-state index contributed by atoms with van der Waals surface area (Å²) in [6.07, 6.45) is 3.04. The molecule has 0 spiro atoms. The van der Waals surface area contributed by atoms with Crippen LogP contribution in [0.1, 0.15) is 54.4 Å². The van der Waals surface area contributed by atoms with E-state index < -0.39 is 24.2 Å². The molecule has 0 aliphatic heterocycles. The molecule has 7 nitrogen and oxygen atoms in total. The van der Waals surface area contributed by atoms with Gasteiger partial charge in [0.1, 0.15) is 17.8 Å². The first-order valence-corrected chi connectivity index (χ1v) is 12.9. The number of aromatic nitrogens is 4. The molecule has 0 bridgehead atoms. The van der Waals surface area contributed by atoms with Crippen molar-refractivity contribution in [1.82, 2.24) is 20.0 Å². The van der Waals surface area contributed by atoms with Crippen molar-refractivity contribution in [2.24, 2.45) is 0 Å². The van der Waals surface area contributed by atoms with Gasteiger partial charge in [-0.1, -0.05) is 66.2 Å². The lowest BCUT2D eigenvalue weighted by Crippen LogP contribution is -2.16. The monoisotopic (exact) mass is 579 g/mol. The van der Waals surface area contributed by atoms with Gasteiger partial charge in [0.2, 0.25) is 0 Å². The zero-order valence-electron chi connectivity index (χ0n) is 21.5. The Balaban J connectivity index is 1.65. The highest BCUT2D eigenvalue weighted by molar-refractivity contribution is 6.32. The molecule has 5 rings (SSSR count). The van der Waals surface area contributed by atoms with E-state index in [-0.39, 0.29) is 33.6 Å². The molecule has 0 amide bonds. The Morgan fingerprint density at radius 2 is 1.83 bits per heavy atom. The zero-order valence-corrected chi connectivity index (χ0v) is 22.2. The number of hydrogen-bond donors (Lipinski definition) is 2. The summed E-state index contributed by atoms with van der Waals surface area (Å²) >= 11 is 6.51. The van der Waals surface area contributed by atoms with Crippen LogP contribution in [0, 0.1) is 23.0 Å². The second-order valence-corrected chi connectivity index (χ2v) is 9.58. The van der Waals surface area contributed by atoms with Crippen molar-refractivity contribution in [2.75, 3.05) is 10.6 Å². The molecular weight excluding hydrogens is 558 g/mol. The second kappa shape index (κ2) is 11.8. The summed E-state index contributed by atoms with van der Waals surface area (Å²) in [4.78, 5) is 4.46. The average molecular weight is 580 g/mol. The fourth-order valence-corrected chi connectivity index (χ4v) is 4.84. The number of nitriles is 1. The van der Waals surface area contributed by atoms with Gasteiger partial charge in [0.15, 0.2) is 11.6 Å². The molecule has 0 aliphatic carbocycles. The third-order valence-corrected chi connectivity index (χ3v) is 6.82. The van der Waals surface area contributed by atoms with Gasteiger partial charge < -0.3 is 10.6 Å². The number of anilines is 2. The molecule has 0 radical (unpaired) electrons. The molecule has 208 valence electrons. The van der Waals surface area contributed by atoms with E-state index in [0.29, 0.717) is 27.7 Å². The van der Waals surface area contributed by atoms with E-state index in [9.17, 15) is 22.8 Å². The van der Waals surface area contributed by atoms with E-state index in [4.69, 9.17) is 11.6 Å².